The first kappa shape index (κ1) is 12.6. The predicted octanol–water partition coefficient (Wildman–Crippen LogP) is 1.79. The minimum atomic E-state index is -3.44. The second-order valence-corrected chi connectivity index (χ2v) is 7.07. The Morgan fingerprint density at radius 1 is 1.35 bits per heavy atom. The maximum atomic E-state index is 11.0. The molecule has 1 aromatic rings. The highest BCUT2D eigenvalue weighted by molar-refractivity contribution is 8.13. The van der Waals surface area contributed by atoms with Crippen molar-refractivity contribution in [3.63, 3.8) is 0 Å². The molecule has 0 aromatic carbocycles. The third-order valence-electron chi connectivity index (χ3n) is 2.89. The second kappa shape index (κ2) is 5.23. The number of nitrogens with zero attached hydrogens (tertiary/aromatic N) is 2. The van der Waals surface area contributed by atoms with Crippen molar-refractivity contribution < 1.29 is 8.42 Å². The van der Waals surface area contributed by atoms with E-state index in [0.29, 0.717) is 6.42 Å². The Hall–Kier alpha value is -0.810. The van der Waals surface area contributed by atoms with Crippen molar-refractivity contribution in [2.24, 2.45) is 0 Å². The van der Waals surface area contributed by atoms with Crippen LogP contribution >= 0.6 is 10.7 Å². The number of hydrogen-bond acceptors (Lipinski definition) is 4. The van der Waals surface area contributed by atoms with E-state index in [1.807, 2.05) is 12.1 Å². The van der Waals surface area contributed by atoms with Crippen LogP contribution in [0.4, 0.5) is 5.82 Å². The minimum Gasteiger partial charge on any atom is -0.356 e. The number of halogens is 1. The van der Waals surface area contributed by atoms with E-state index >= 15 is 0 Å². The Morgan fingerprint density at radius 3 is 2.71 bits per heavy atom. The summed E-state index contributed by atoms with van der Waals surface area (Å²) in [5.74, 6) is 0.867. The van der Waals surface area contributed by atoms with Crippen molar-refractivity contribution in [3.05, 3.63) is 23.9 Å². The summed E-state index contributed by atoms with van der Waals surface area (Å²) in [5.41, 5.74) is 0.957. The van der Waals surface area contributed by atoms with Crippen molar-refractivity contribution in [1.82, 2.24) is 4.98 Å². The first-order chi connectivity index (χ1) is 8.06. The lowest BCUT2D eigenvalue weighted by Gasteiger charge is -2.19. The average molecular weight is 275 g/mol. The van der Waals surface area contributed by atoms with Gasteiger partial charge in [-0.25, -0.2) is 13.4 Å². The van der Waals surface area contributed by atoms with E-state index in [4.69, 9.17) is 10.7 Å². The van der Waals surface area contributed by atoms with Crippen LogP contribution in [0.5, 0.6) is 0 Å². The van der Waals surface area contributed by atoms with Gasteiger partial charge in [-0.2, -0.15) is 0 Å². The number of hydrogen-bond donors (Lipinski definition) is 0. The van der Waals surface area contributed by atoms with E-state index in [1.165, 1.54) is 12.8 Å². The molecule has 1 fully saturated rings. The smallest absolute Gasteiger partial charge is 0.232 e. The Labute approximate surface area is 106 Å². The number of anilines is 1. The van der Waals surface area contributed by atoms with Crippen molar-refractivity contribution in [1.29, 1.82) is 0 Å². The van der Waals surface area contributed by atoms with Gasteiger partial charge in [-0.05, 0) is 30.9 Å². The Kier molecular flexibility index (Phi) is 3.89. The molecule has 2 rings (SSSR count). The fourth-order valence-corrected chi connectivity index (χ4v) is 2.77. The summed E-state index contributed by atoms with van der Waals surface area (Å²) in [6.07, 6.45) is 4.51. The number of pyridine rings is 1. The average Bonchev–Trinajstić information content (AvgIpc) is 2.79. The fraction of sp³-hybridized carbons (Fsp3) is 0.545. The largest absolute Gasteiger partial charge is 0.356 e. The molecule has 17 heavy (non-hydrogen) atoms. The van der Waals surface area contributed by atoms with Gasteiger partial charge in [0.15, 0.2) is 0 Å². The normalized spacial score (nSPS) is 16.4. The van der Waals surface area contributed by atoms with Crippen LogP contribution in [0, 0.1) is 0 Å². The molecule has 0 spiro atoms. The fourth-order valence-electron chi connectivity index (χ4n) is 2.07. The molecule has 0 saturated carbocycles. The lowest BCUT2D eigenvalue weighted by molar-refractivity contribution is 0.609. The van der Waals surface area contributed by atoms with Crippen molar-refractivity contribution in [2.75, 3.05) is 23.7 Å². The molecule has 0 aliphatic carbocycles. The molecule has 4 nitrogen and oxygen atoms in total. The zero-order valence-corrected chi connectivity index (χ0v) is 11.0. The Morgan fingerprint density at radius 2 is 2.06 bits per heavy atom. The number of rotatable bonds is 4. The van der Waals surface area contributed by atoms with Crippen LogP contribution in [0.3, 0.4) is 0 Å². The molecule has 94 valence electrons. The predicted molar refractivity (Wildman–Crippen MR) is 69.0 cm³/mol. The van der Waals surface area contributed by atoms with Gasteiger partial charge in [-0.1, -0.05) is 6.07 Å². The number of aromatic nitrogens is 1. The Bertz CT molecular complexity index is 484. The monoisotopic (exact) mass is 274 g/mol. The summed E-state index contributed by atoms with van der Waals surface area (Å²) in [7, 11) is 1.80. The lowest BCUT2D eigenvalue weighted by atomic mass is 10.2. The molecule has 0 N–H and O–H groups in total. The third-order valence-corrected chi connectivity index (χ3v) is 4.04. The molecule has 1 aromatic heterocycles. The van der Waals surface area contributed by atoms with Crippen molar-refractivity contribution in [3.8, 4) is 0 Å². The first-order valence-electron chi connectivity index (χ1n) is 5.67. The van der Waals surface area contributed by atoms with E-state index in [1.54, 1.807) is 6.20 Å². The topological polar surface area (TPSA) is 50.3 Å². The maximum absolute atomic E-state index is 11.0. The molecule has 6 heteroatoms. The SMILES string of the molecule is O=S(=O)(Cl)CCc1cccnc1N1CCCC1. The van der Waals surface area contributed by atoms with Crippen molar-refractivity contribution >= 4 is 25.6 Å². The molecular weight excluding hydrogens is 260 g/mol. The third kappa shape index (κ3) is 3.57. The van der Waals surface area contributed by atoms with Crippen LogP contribution in [0.1, 0.15) is 18.4 Å². The number of aryl methyl sites for hydroxylation is 1. The second-order valence-electron chi connectivity index (χ2n) is 4.17. The van der Waals surface area contributed by atoms with E-state index in [-0.39, 0.29) is 5.75 Å². The van der Waals surface area contributed by atoms with E-state index < -0.39 is 9.05 Å². The van der Waals surface area contributed by atoms with Gasteiger partial charge in [-0.15, -0.1) is 0 Å². The van der Waals surface area contributed by atoms with E-state index in [2.05, 4.69) is 9.88 Å². The molecule has 0 atom stereocenters. The van der Waals surface area contributed by atoms with Gasteiger partial charge in [0.25, 0.3) is 0 Å². The molecule has 1 aliphatic heterocycles. The van der Waals surface area contributed by atoms with Gasteiger partial charge < -0.3 is 4.90 Å². The summed E-state index contributed by atoms with van der Waals surface area (Å²) in [6, 6.07) is 3.75. The highest BCUT2D eigenvalue weighted by Crippen LogP contribution is 2.22. The quantitative estimate of drug-likeness (QED) is 0.786. The van der Waals surface area contributed by atoms with E-state index in [9.17, 15) is 8.42 Å². The van der Waals surface area contributed by atoms with Crippen LogP contribution in [0.25, 0.3) is 0 Å². The Balaban J connectivity index is 2.15. The van der Waals surface area contributed by atoms with Gasteiger partial charge in [0, 0.05) is 30.0 Å². The zero-order valence-electron chi connectivity index (χ0n) is 9.47. The standard InChI is InChI=1S/C11H15ClN2O2S/c12-17(15,16)9-5-10-4-3-6-13-11(10)14-7-1-2-8-14/h3-4,6H,1-2,5,7-9H2. The highest BCUT2D eigenvalue weighted by atomic mass is 35.7. The summed E-state index contributed by atoms with van der Waals surface area (Å²) in [6.45, 7) is 2.00. The van der Waals surface area contributed by atoms with Gasteiger partial charge >= 0.3 is 0 Å². The minimum absolute atomic E-state index is 0.0406. The van der Waals surface area contributed by atoms with Crippen LogP contribution in [0.15, 0.2) is 18.3 Å². The summed E-state index contributed by atoms with van der Waals surface area (Å²) in [5, 5.41) is 0. The van der Waals surface area contributed by atoms with Crippen LogP contribution < -0.4 is 4.90 Å². The molecule has 0 radical (unpaired) electrons. The summed E-state index contributed by atoms with van der Waals surface area (Å²) < 4.78 is 21.9. The zero-order chi connectivity index (χ0) is 12.3. The highest BCUT2D eigenvalue weighted by Gasteiger charge is 2.17. The van der Waals surface area contributed by atoms with Crippen molar-refractivity contribution in [2.45, 2.75) is 19.3 Å². The van der Waals surface area contributed by atoms with E-state index in [0.717, 1.165) is 24.5 Å². The summed E-state index contributed by atoms with van der Waals surface area (Å²) >= 11 is 0. The molecule has 0 amide bonds. The summed E-state index contributed by atoms with van der Waals surface area (Å²) in [4.78, 5) is 6.55. The van der Waals surface area contributed by atoms with Gasteiger partial charge in [0.1, 0.15) is 5.82 Å². The lowest BCUT2D eigenvalue weighted by Crippen LogP contribution is -2.21. The van der Waals surface area contributed by atoms with Crippen LogP contribution in [-0.4, -0.2) is 32.2 Å². The molecule has 0 unspecified atom stereocenters. The molecule has 1 saturated heterocycles. The molecule has 0 bridgehead atoms. The maximum Gasteiger partial charge on any atom is 0.232 e. The van der Waals surface area contributed by atoms with Crippen LogP contribution in [-0.2, 0) is 15.5 Å². The molecule has 2 heterocycles. The van der Waals surface area contributed by atoms with Gasteiger partial charge in [-0.3, -0.25) is 0 Å². The molecular formula is C11H15ClN2O2S. The van der Waals surface area contributed by atoms with Crippen LogP contribution in [0.2, 0.25) is 0 Å². The molecule has 1 aliphatic rings. The first-order valence-corrected chi connectivity index (χ1v) is 8.15. The van der Waals surface area contributed by atoms with Gasteiger partial charge in [0.2, 0.25) is 9.05 Å². The van der Waals surface area contributed by atoms with Gasteiger partial charge in [0.05, 0.1) is 5.75 Å².